The van der Waals surface area contributed by atoms with Crippen LogP contribution in [-0.4, -0.2) is 26.1 Å². The van der Waals surface area contributed by atoms with Crippen molar-refractivity contribution in [2.75, 3.05) is 0 Å². The number of carbonyl (C=O) groups excluding carboxylic acids is 1. The Labute approximate surface area is 140 Å². The van der Waals surface area contributed by atoms with Crippen LogP contribution < -0.4 is 5.32 Å². The number of nitrogens with zero attached hydrogens (tertiary/aromatic N) is 4. The average molecular weight is 321 g/mol. The van der Waals surface area contributed by atoms with Crippen LogP contribution in [0.3, 0.4) is 0 Å². The Morgan fingerprint density at radius 2 is 1.71 bits per heavy atom. The Morgan fingerprint density at radius 1 is 1.00 bits per heavy atom. The highest BCUT2D eigenvalue weighted by Crippen LogP contribution is 2.07. The van der Waals surface area contributed by atoms with E-state index in [1.807, 2.05) is 48.5 Å². The first-order valence-corrected chi connectivity index (χ1v) is 7.96. The van der Waals surface area contributed by atoms with Crippen LogP contribution in [0, 0.1) is 0 Å². The number of amides is 1. The third-order valence-electron chi connectivity index (χ3n) is 3.69. The summed E-state index contributed by atoms with van der Waals surface area (Å²) >= 11 is 0. The van der Waals surface area contributed by atoms with Gasteiger partial charge in [-0.25, -0.2) is 0 Å². The highest BCUT2D eigenvalue weighted by molar-refractivity contribution is 5.75. The zero-order valence-electron chi connectivity index (χ0n) is 13.3. The Bertz CT molecular complexity index is 770. The number of nitrogens with one attached hydrogen (secondary N) is 1. The lowest BCUT2D eigenvalue weighted by Crippen LogP contribution is -2.24. The second-order valence-corrected chi connectivity index (χ2v) is 5.46. The maximum absolute atomic E-state index is 12.0. The molecule has 0 aliphatic rings. The molecular formula is C18H19N5O. The number of para-hydroxylation sites is 1. The second-order valence-electron chi connectivity index (χ2n) is 5.46. The van der Waals surface area contributed by atoms with E-state index < -0.39 is 0 Å². The van der Waals surface area contributed by atoms with Crippen LogP contribution in [0.5, 0.6) is 0 Å². The molecule has 6 nitrogen and oxygen atoms in total. The van der Waals surface area contributed by atoms with Crippen molar-refractivity contribution in [3.8, 4) is 5.69 Å². The molecule has 122 valence electrons. The van der Waals surface area contributed by atoms with E-state index in [1.165, 1.54) is 5.56 Å². The number of rotatable bonds is 7. The summed E-state index contributed by atoms with van der Waals surface area (Å²) in [6.45, 7) is 0.312. The van der Waals surface area contributed by atoms with E-state index in [-0.39, 0.29) is 5.91 Å². The molecule has 0 unspecified atom stereocenters. The van der Waals surface area contributed by atoms with E-state index in [0.29, 0.717) is 18.8 Å². The van der Waals surface area contributed by atoms with Gasteiger partial charge in [0.25, 0.3) is 0 Å². The van der Waals surface area contributed by atoms with Gasteiger partial charge in [0.05, 0.1) is 12.2 Å². The van der Waals surface area contributed by atoms with E-state index in [2.05, 4.69) is 33.0 Å². The van der Waals surface area contributed by atoms with Crippen molar-refractivity contribution in [3.05, 3.63) is 72.1 Å². The van der Waals surface area contributed by atoms with Crippen molar-refractivity contribution < 1.29 is 4.79 Å². The fourth-order valence-corrected chi connectivity index (χ4v) is 2.45. The molecule has 0 fully saturated rings. The lowest BCUT2D eigenvalue weighted by molar-refractivity contribution is -0.121. The molecule has 0 spiro atoms. The molecule has 2 aromatic carbocycles. The molecule has 0 atom stereocenters. The molecule has 6 heteroatoms. The van der Waals surface area contributed by atoms with E-state index in [4.69, 9.17) is 0 Å². The van der Waals surface area contributed by atoms with Crippen LogP contribution in [0.25, 0.3) is 5.69 Å². The maximum atomic E-state index is 12.0. The predicted octanol–water partition coefficient (Wildman–Crippen LogP) is 2.30. The normalized spacial score (nSPS) is 10.5. The summed E-state index contributed by atoms with van der Waals surface area (Å²) in [5, 5.41) is 14.5. The zero-order chi connectivity index (χ0) is 16.6. The number of carbonyl (C=O) groups is 1. The van der Waals surface area contributed by atoms with Gasteiger partial charge in [-0.05, 0) is 41.0 Å². The third-order valence-corrected chi connectivity index (χ3v) is 3.69. The summed E-state index contributed by atoms with van der Waals surface area (Å²) in [5.41, 5.74) is 2.12. The fourth-order valence-electron chi connectivity index (χ4n) is 2.45. The molecule has 3 rings (SSSR count). The average Bonchev–Trinajstić information content (AvgIpc) is 3.10. The molecule has 0 radical (unpaired) electrons. The minimum Gasteiger partial charge on any atom is -0.349 e. The maximum Gasteiger partial charge on any atom is 0.220 e. The SMILES string of the molecule is O=C(CCCc1ccccc1)NCc1nnnn1-c1ccccc1. The molecule has 0 saturated carbocycles. The van der Waals surface area contributed by atoms with E-state index >= 15 is 0 Å². The summed E-state index contributed by atoms with van der Waals surface area (Å²) in [7, 11) is 0. The van der Waals surface area contributed by atoms with Gasteiger partial charge in [-0.2, -0.15) is 4.68 Å². The Morgan fingerprint density at radius 3 is 2.46 bits per heavy atom. The minimum atomic E-state index is 0.00791. The van der Waals surface area contributed by atoms with E-state index in [1.54, 1.807) is 4.68 Å². The number of aromatic nitrogens is 4. The summed E-state index contributed by atoms with van der Waals surface area (Å²) in [6, 6.07) is 19.8. The van der Waals surface area contributed by atoms with Crippen LogP contribution in [0.4, 0.5) is 0 Å². The van der Waals surface area contributed by atoms with Crippen molar-refractivity contribution in [2.24, 2.45) is 0 Å². The molecule has 0 aliphatic carbocycles. The van der Waals surface area contributed by atoms with Gasteiger partial charge in [-0.1, -0.05) is 48.5 Å². The first-order valence-electron chi connectivity index (χ1n) is 7.96. The molecule has 24 heavy (non-hydrogen) atoms. The topological polar surface area (TPSA) is 72.7 Å². The number of benzene rings is 2. The molecule has 1 amide bonds. The van der Waals surface area contributed by atoms with Crippen molar-refractivity contribution in [1.82, 2.24) is 25.5 Å². The number of aryl methyl sites for hydroxylation is 1. The van der Waals surface area contributed by atoms with E-state index in [0.717, 1.165) is 18.5 Å². The minimum absolute atomic E-state index is 0.00791. The standard InChI is InChI=1S/C18H19N5O/c24-18(13-7-10-15-8-3-1-4-9-15)19-14-17-20-21-22-23(17)16-11-5-2-6-12-16/h1-6,8-9,11-12H,7,10,13-14H2,(H,19,24). The fraction of sp³-hybridized carbons (Fsp3) is 0.222. The Kier molecular flexibility index (Phi) is 5.29. The first-order chi connectivity index (χ1) is 11.8. The quantitative estimate of drug-likeness (QED) is 0.725. The third kappa shape index (κ3) is 4.25. The zero-order valence-corrected chi connectivity index (χ0v) is 13.3. The van der Waals surface area contributed by atoms with Crippen molar-refractivity contribution in [3.63, 3.8) is 0 Å². The van der Waals surface area contributed by atoms with Gasteiger partial charge in [0.1, 0.15) is 0 Å². The van der Waals surface area contributed by atoms with Crippen molar-refractivity contribution in [1.29, 1.82) is 0 Å². The number of hydrogen-bond acceptors (Lipinski definition) is 4. The van der Waals surface area contributed by atoms with Crippen LogP contribution in [0.15, 0.2) is 60.7 Å². The largest absolute Gasteiger partial charge is 0.349 e. The molecule has 3 aromatic rings. The van der Waals surface area contributed by atoms with Crippen LogP contribution in [-0.2, 0) is 17.8 Å². The monoisotopic (exact) mass is 321 g/mol. The van der Waals surface area contributed by atoms with Crippen molar-refractivity contribution >= 4 is 5.91 Å². The molecular weight excluding hydrogens is 302 g/mol. The van der Waals surface area contributed by atoms with E-state index in [9.17, 15) is 4.79 Å². The predicted molar refractivity (Wildman–Crippen MR) is 90.4 cm³/mol. The Hall–Kier alpha value is -3.02. The Balaban J connectivity index is 1.48. The molecule has 0 aliphatic heterocycles. The highest BCUT2D eigenvalue weighted by atomic mass is 16.1. The molecule has 1 N–H and O–H groups in total. The lowest BCUT2D eigenvalue weighted by Gasteiger charge is -2.06. The summed E-state index contributed by atoms with van der Waals surface area (Å²) in [6.07, 6.45) is 2.21. The van der Waals surface area contributed by atoms with Gasteiger partial charge in [0.15, 0.2) is 5.82 Å². The molecule has 1 aromatic heterocycles. The van der Waals surface area contributed by atoms with Gasteiger partial charge in [0, 0.05) is 6.42 Å². The summed E-state index contributed by atoms with van der Waals surface area (Å²) in [5.74, 6) is 0.617. The van der Waals surface area contributed by atoms with Gasteiger partial charge in [-0.15, -0.1) is 5.10 Å². The van der Waals surface area contributed by atoms with Gasteiger partial charge < -0.3 is 5.32 Å². The van der Waals surface area contributed by atoms with Crippen LogP contribution in [0.2, 0.25) is 0 Å². The molecule has 0 saturated heterocycles. The summed E-state index contributed by atoms with van der Waals surface area (Å²) in [4.78, 5) is 12.0. The van der Waals surface area contributed by atoms with Gasteiger partial charge in [0.2, 0.25) is 5.91 Å². The number of hydrogen-bond donors (Lipinski definition) is 1. The van der Waals surface area contributed by atoms with Gasteiger partial charge >= 0.3 is 0 Å². The summed E-state index contributed by atoms with van der Waals surface area (Å²) < 4.78 is 1.63. The smallest absolute Gasteiger partial charge is 0.220 e. The second kappa shape index (κ2) is 8.01. The lowest BCUT2D eigenvalue weighted by atomic mass is 10.1. The van der Waals surface area contributed by atoms with Crippen LogP contribution >= 0.6 is 0 Å². The number of tetrazole rings is 1. The molecule has 0 bridgehead atoms. The van der Waals surface area contributed by atoms with Crippen LogP contribution in [0.1, 0.15) is 24.2 Å². The first kappa shape index (κ1) is 15.9. The molecule has 1 heterocycles. The van der Waals surface area contributed by atoms with Gasteiger partial charge in [-0.3, -0.25) is 4.79 Å². The van der Waals surface area contributed by atoms with Crippen molar-refractivity contribution in [2.45, 2.75) is 25.8 Å². The highest BCUT2D eigenvalue weighted by Gasteiger charge is 2.09.